The molecule has 20 heavy (non-hydrogen) atoms. The van der Waals surface area contributed by atoms with Gasteiger partial charge >= 0.3 is 5.97 Å². The molecule has 1 aliphatic rings. The standard InChI is InChI=1S/C14H13NO3S2/c1-3-18-12(16)8-11-13(17)15(14(19)20-11)10-6-4-9(2)5-7-10/h4-8H,3H2,1-2H3/b11-8+. The van der Waals surface area contributed by atoms with E-state index in [1.54, 1.807) is 6.92 Å². The van der Waals surface area contributed by atoms with Crippen molar-refractivity contribution in [3.8, 4) is 0 Å². The molecule has 0 spiro atoms. The Morgan fingerprint density at radius 2 is 2.05 bits per heavy atom. The number of ether oxygens (including phenoxy) is 1. The van der Waals surface area contributed by atoms with Crippen molar-refractivity contribution in [1.29, 1.82) is 0 Å². The molecular formula is C14H13NO3S2. The fraction of sp³-hybridized carbons (Fsp3) is 0.214. The molecule has 0 radical (unpaired) electrons. The number of esters is 1. The summed E-state index contributed by atoms with van der Waals surface area (Å²) in [5.74, 6) is -0.825. The van der Waals surface area contributed by atoms with Crippen molar-refractivity contribution >= 4 is 45.9 Å². The first-order valence-electron chi connectivity index (χ1n) is 6.04. The minimum absolute atomic E-state index is 0.271. The first-order chi connectivity index (χ1) is 9.52. The number of rotatable bonds is 3. The Morgan fingerprint density at radius 3 is 2.65 bits per heavy atom. The molecule has 0 unspecified atom stereocenters. The van der Waals surface area contributed by atoms with Crippen LogP contribution in [0, 0.1) is 6.92 Å². The normalized spacial score (nSPS) is 16.9. The lowest BCUT2D eigenvalue weighted by Crippen LogP contribution is -2.27. The van der Waals surface area contributed by atoms with E-state index in [9.17, 15) is 9.59 Å². The van der Waals surface area contributed by atoms with Gasteiger partial charge in [-0.2, -0.15) is 0 Å². The second-order valence-electron chi connectivity index (χ2n) is 4.10. The van der Waals surface area contributed by atoms with Crippen LogP contribution in [0.2, 0.25) is 0 Å². The van der Waals surface area contributed by atoms with Crippen molar-refractivity contribution in [1.82, 2.24) is 0 Å². The molecule has 2 rings (SSSR count). The summed E-state index contributed by atoms with van der Waals surface area (Å²) in [6.45, 7) is 3.95. The summed E-state index contributed by atoms with van der Waals surface area (Å²) in [6, 6.07) is 7.46. The average molecular weight is 307 g/mol. The van der Waals surface area contributed by atoms with Gasteiger partial charge in [-0.1, -0.05) is 41.7 Å². The van der Waals surface area contributed by atoms with Crippen LogP contribution in [0.5, 0.6) is 0 Å². The zero-order chi connectivity index (χ0) is 14.7. The van der Waals surface area contributed by atoms with Gasteiger partial charge in [0.25, 0.3) is 5.91 Å². The third-order valence-corrected chi connectivity index (χ3v) is 3.92. The van der Waals surface area contributed by atoms with E-state index in [0.29, 0.717) is 10.0 Å². The van der Waals surface area contributed by atoms with Crippen LogP contribution in [0.3, 0.4) is 0 Å². The largest absolute Gasteiger partial charge is 0.463 e. The number of thioether (sulfide) groups is 1. The first kappa shape index (κ1) is 14.7. The van der Waals surface area contributed by atoms with E-state index in [1.807, 2.05) is 31.2 Å². The van der Waals surface area contributed by atoms with E-state index in [-0.39, 0.29) is 17.4 Å². The Bertz CT molecular complexity index is 593. The molecule has 1 fully saturated rings. The van der Waals surface area contributed by atoms with Crippen molar-refractivity contribution in [2.75, 3.05) is 11.5 Å². The summed E-state index contributed by atoms with van der Waals surface area (Å²) in [5.41, 5.74) is 1.80. The van der Waals surface area contributed by atoms with Crippen molar-refractivity contribution in [2.24, 2.45) is 0 Å². The van der Waals surface area contributed by atoms with Gasteiger partial charge in [-0.3, -0.25) is 9.69 Å². The van der Waals surface area contributed by atoms with Crippen LogP contribution >= 0.6 is 24.0 Å². The lowest BCUT2D eigenvalue weighted by Gasteiger charge is -2.14. The van der Waals surface area contributed by atoms with Gasteiger partial charge in [-0.05, 0) is 26.0 Å². The number of benzene rings is 1. The number of nitrogens with zero attached hydrogens (tertiary/aromatic N) is 1. The Balaban J connectivity index is 2.25. The number of hydrogen-bond donors (Lipinski definition) is 0. The maximum absolute atomic E-state index is 12.3. The molecule has 0 N–H and O–H groups in total. The highest BCUT2D eigenvalue weighted by molar-refractivity contribution is 8.27. The average Bonchev–Trinajstić information content (AvgIpc) is 2.66. The van der Waals surface area contributed by atoms with Crippen molar-refractivity contribution in [3.63, 3.8) is 0 Å². The predicted molar refractivity (Wildman–Crippen MR) is 83.6 cm³/mol. The molecule has 104 valence electrons. The van der Waals surface area contributed by atoms with Gasteiger partial charge in [-0.25, -0.2) is 4.79 Å². The zero-order valence-corrected chi connectivity index (χ0v) is 12.7. The summed E-state index contributed by atoms with van der Waals surface area (Å²) in [5, 5.41) is 0. The molecular weight excluding hydrogens is 294 g/mol. The molecule has 0 saturated carbocycles. The Hall–Kier alpha value is -1.66. The molecule has 1 heterocycles. The SMILES string of the molecule is CCOC(=O)/C=C1/SC(=S)N(c2ccc(C)cc2)C1=O. The van der Waals surface area contributed by atoms with Crippen LogP contribution in [0.4, 0.5) is 5.69 Å². The highest BCUT2D eigenvalue weighted by Crippen LogP contribution is 2.34. The van der Waals surface area contributed by atoms with Crippen LogP contribution in [0.25, 0.3) is 0 Å². The molecule has 0 bridgehead atoms. The molecule has 1 aromatic rings. The monoisotopic (exact) mass is 307 g/mol. The third kappa shape index (κ3) is 3.08. The number of amides is 1. The Kier molecular flexibility index (Phi) is 4.57. The van der Waals surface area contributed by atoms with Gasteiger partial charge in [0.15, 0.2) is 4.32 Å². The van der Waals surface area contributed by atoms with Crippen molar-refractivity contribution < 1.29 is 14.3 Å². The van der Waals surface area contributed by atoms with Crippen LogP contribution in [-0.2, 0) is 14.3 Å². The Morgan fingerprint density at radius 1 is 1.40 bits per heavy atom. The molecule has 0 aromatic heterocycles. The van der Waals surface area contributed by atoms with Gasteiger partial charge in [-0.15, -0.1) is 0 Å². The summed E-state index contributed by atoms with van der Waals surface area (Å²) in [6.07, 6.45) is 1.19. The molecule has 1 saturated heterocycles. The van der Waals surface area contributed by atoms with Gasteiger partial charge in [0.05, 0.1) is 17.2 Å². The van der Waals surface area contributed by atoms with E-state index < -0.39 is 5.97 Å². The highest BCUT2D eigenvalue weighted by atomic mass is 32.2. The zero-order valence-electron chi connectivity index (χ0n) is 11.1. The van der Waals surface area contributed by atoms with Crippen LogP contribution in [0.1, 0.15) is 12.5 Å². The lowest BCUT2D eigenvalue weighted by atomic mass is 10.2. The van der Waals surface area contributed by atoms with E-state index in [2.05, 4.69) is 0 Å². The number of carbonyl (C=O) groups is 2. The molecule has 6 heteroatoms. The number of aryl methyl sites for hydroxylation is 1. The quantitative estimate of drug-likeness (QED) is 0.488. The van der Waals surface area contributed by atoms with E-state index in [0.717, 1.165) is 17.3 Å². The fourth-order valence-electron chi connectivity index (χ4n) is 1.68. The predicted octanol–water partition coefficient (Wildman–Crippen LogP) is 2.81. The topological polar surface area (TPSA) is 46.6 Å². The Labute approximate surface area is 126 Å². The first-order valence-corrected chi connectivity index (χ1v) is 7.26. The maximum atomic E-state index is 12.3. The molecule has 1 amide bonds. The van der Waals surface area contributed by atoms with Gasteiger partial charge < -0.3 is 4.74 Å². The van der Waals surface area contributed by atoms with Crippen LogP contribution < -0.4 is 4.90 Å². The summed E-state index contributed by atoms with van der Waals surface area (Å²) >= 11 is 6.31. The second-order valence-corrected chi connectivity index (χ2v) is 5.78. The van der Waals surface area contributed by atoms with Gasteiger partial charge in [0.2, 0.25) is 0 Å². The molecule has 1 aliphatic heterocycles. The smallest absolute Gasteiger partial charge is 0.332 e. The fourth-order valence-corrected chi connectivity index (χ4v) is 2.93. The molecule has 1 aromatic carbocycles. The van der Waals surface area contributed by atoms with E-state index in [1.165, 1.54) is 11.0 Å². The minimum Gasteiger partial charge on any atom is -0.463 e. The number of hydrogen-bond acceptors (Lipinski definition) is 5. The van der Waals surface area contributed by atoms with Crippen molar-refractivity contribution in [2.45, 2.75) is 13.8 Å². The summed E-state index contributed by atoms with van der Waals surface area (Å²) in [4.78, 5) is 25.4. The summed E-state index contributed by atoms with van der Waals surface area (Å²) < 4.78 is 5.21. The molecule has 0 aliphatic carbocycles. The summed E-state index contributed by atoms with van der Waals surface area (Å²) in [7, 11) is 0. The second kappa shape index (κ2) is 6.19. The van der Waals surface area contributed by atoms with Crippen molar-refractivity contribution in [3.05, 3.63) is 40.8 Å². The third-order valence-electron chi connectivity index (χ3n) is 2.62. The van der Waals surface area contributed by atoms with Crippen LogP contribution in [0.15, 0.2) is 35.2 Å². The molecule has 4 nitrogen and oxygen atoms in total. The van der Waals surface area contributed by atoms with Gasteiger partial charge in [0, 0.05) is 6.08 Å². The molecule has 0 atom stereocenters. The minimum atomic E-state index is -0.531. The van der Waals surface area contributed by atoms with E-state index in [4.69, 9.17) is 17.0 Å². The highest BCUT2D eigenvalue weighted by Gasteiger charge is 2.33. The number of carbonyl (C=O) groups excluding carboxylic acids is 2. The van der Waals surface area contributed by atoms with Gasteiger partial charge in [0.1, 0.15) is 0 Å². The number of thiocarbonyl (C=S) groups is 1. The lowest BCUT2D eigenvalue weighted by molar-refractivity contribution is -0.137. The number of anilines is 1. The van der Waals surface area contributed by atoms with Crippen LogP contribution in [-0.4, -0.2) is 22.8 Å². The maximum Gasteiger partial charge on any atom is 0.332 e. The van der Waals surface area contributed by atoms with E-state index >= 15 is 0 Å².